The largest absolute Gasteiger partial charge is 0.373 e. The fraction of sp³-hybridized carbons (Fsp3) is 0.200. The van der Waals surface area contributed by atoms with Gasteiger partial charge in [0.2, 0.25) is 10.9 Å². The summed E-state index contributed by atoms with van der Waals surface area (Å²) in [6.07, 6.45) is 1.74. The lowest BCUT2D eigenvalue weighted by atomic mass is 10.1. The molecule has 8 nitrogen and oxygen atoms in total. The number of amides is 1. The lowest BCUT2D eigenvalue weighted by Crippen LogP contribution is -2.38. The van der Waals surface area contributed by atoms with Crippen molar-refractivity contribution in [2.24, 2.45) is 7.05 Å². The molecule has 0 fully saturated rings. The first-order valence-electron chi connectivity index (χ1n) is 9.13. The second-order valence-electron chi connectivity index (χ2n) is 7.11. The van der Waals surface area contributed by atoms with Gasteiger partial charge in [-0.2, -0.15) is 8.42 Å². The molecule has 2 heterocycles. The van der Waals surface area contributed by atoms with Gasteiger partial charge in [-0.05, 0) is 41.5 Å². The molecule has 1 aliphatic rings. The molecule has 0 saturated carbocycles. The first kappa shape index (κ1) is 20.4. The third-order valence-electron chi connectivity index (χ3n) is 4.93. The number of aromatic nitrogens is 2. The average Bonchev–Trinajstić information content (AvgIpc) is 3.30. The molecule has 10 heteroatoms. The van der Waals surface area contributed by atoms with Gasteiger partial charge in [0.25, 0.3) is 0 Å². The molecule has 0 saturated heterocycles. The van der Waals surface area contributed by atoms with Gasteiger partial charge in [0, 0.05) is 42.5 Å². The van der Waals surface area contributed by atoms with E-state index in [1.54, 1.807) is 25.2 Å². The quantitative estimate of drug-likeness (QED) is 0.519. The minimum absolute atomic E-state index is 0.117. The van der Waals surface area contributed by atoms with Gasteiger partial charge >= 0.3 is 10.1 Å². The summed E-state index contributed by atoms with van der Waals surface area (Å²) in [4.78, 5) is 16.6. The number of anilines is 1. The number of rotatable bonds is 5. The summed E-state index contributed by atoms with van der Waals surface area (Å²) in [5.41, 5.74) is 3.41. The summed E-state index contributed by atoms with van der Waals surface area (Å²) in [5, 5.41) is 6.36. The van der Waals surface area contributed by atoms with Crippen molar-refractivity contribution in [3.05, 3.63) is 64.8 Å². The lowest BCUT2D eigenvalue weighted by molar-refractivity contribution is -0.121. The van der Waals surface area contributed by atoms with Gasteiger partial charge in [-0.3, -0.25) is 9.35 Å². The fourth-order valence-electron chi connectivity index (χ4n) is 3.41. The van der Waals surface area contributed by atoms with Crippen LogP contribution in [-0.4, -0.2) is 34.5 Å². The van der Waals surface area contributed by atoms with Crippen LogP contribution in [0.25, 0.3) is 11.4 Å². The smallest absolute Gasteiger partial charge is 0.313 e. The number of fused-ring (bicyclic) bond motifs is 1. The predicted molar refractivity (Wildman–Crippen MR) is 113 cm³/mol. The number of nitrogens with one attached hydrogen (secondary N) is 2. The zero-order chi connectivity index (χ0) is 21.5. The monoisotopic (exact) mass is 446 g/mol. The Bertz CT molecular complexity index is 1220. The second-order valence-corrected chi connectivity index (χ2v) is 8.91. The Labute approximate surface area is 178 Å². The third kappa shape index (κ3) is 4.18. The summed E-state index contributed by atoms with van der Waals surface area (Å²) < 4.78 is 33.4. The van der Waals surface area contributed by atoms with Crippen molar-refractivity contribution < 1.29 is 17.8 Å². The molecular weight excluding hydrogens is 428 g/mol. The Hall–Kier alpha value is -2.88. The van der Waals surface area contributed by atoms with Gasteiger partial charge in [-0.25, -0.2) is 4.98 Å². The Balaban J connectivity index is 1.47. The molecule has 3 aromatic rings. The van der Waals surface area contributed by atoms with E-state index in [0.717, 1.165) is 16.8 Å². The van der Waals surface area contributed by atoms with Crippen LogP contribution in [0.15, 0.2) is 53.7 Å². The molecule has 1 amide bonds. The number of halogens is 1. The maximum Gasteiger partial charge on any atom is 0.313 e. The zero-order valence-electron chi connectivity index (χ0n) is 16.0. The molecular formula is C20H19ClN4O4S. The molecule has 1 atom stereocenters. The van der Waals surface area contributed by atoms with Crippen molar-refractivity contribution in [1.82, 2.24) is 14.9 Å². The maximum absolute atomic E-state index is 12.6. The van der Waals surface area contributed by atoms with Crippen LogP contribution in [0, 0.1) is 0 Å². The second kappa shape index (κ2) is 7.75. The van der Waals surface area contributed by atoms with Crippen LogP contribution in [0.1, 0.15) is 11.1 Å². The molecule has 0 spiro atoms. The zero-order valence-corrected chi connectivity index (χ0v) is 17.5. The SMILES string of the molecule is Cn1cc(S(=O)(=O)O)nc1-c1ccc2c(c1)CC(C(=O)NCc1ccc(Cl)cc1)N2. The van der Waals surface area contributed by atoms with E-state index in [4.69, 9.17) is 11.6 Å². The molecule has 2 aromatic carbocycles. The molecule has 1 unspecified atom stereocenters. The van der Waals surface area contributed by atoms with Gasteiger partial charge < -0.3 is 15.2 Å². The normalized spacial score (nSPS) is 15.5. The molecule has 3 N–H and O–H groups in total. The predicted octanol–water partition coefficient (Wildman–Crippen LogP) is 2.64. The van der Waals surface area contributed by atoms with Crippen molar-refractivity contribution in [3.63, 3.8) is 0 Å². The number of hydrogen-bond donors (Lipinski definition) is 3. The number of carbonyl (C=O) groups is 1. The Morgan fingerprint density at radius 1 is 1.30 bits per heavy atom. The van der Waals surface area contributed by atoms with E-state index in [1.807, 2.05) is 24.3 Å². The number of benzene rings is 2. The highest BCUT2D eigenvalue weighted by Gasteiger charge is 2.27. The summed E-state index contributed by atoms with van der Waals surface area (Å²) >= 11 is 5.87. The maximum atomic E-state index is 12.6. The summed E-state index contributed by atoms with van der Waals surface area (Å²) in [7, 11) is -2.73. The van der Waals surface area contributed by atoms with E-state index >= 15 is 0 Å². The number of nitrogens with zero attached hydrogens (tertiary/aromatic N) is 2. The Morgan fingerprint density at radius 2 is 2.03 bits per heavy atom. The molecule has 4 rings (SSSR count). The molecule has 0 bridgehead atoms. The van der Waals surface area contributed by atoms with E-state index in [9.17, 15) is 17.8 Å². The van der Waals surface area contributed by atoms with Crippen LogP contribution in [-0.2, 0) is 34.9 Å². The first-order chi connectivity index (χ1) is 14.2. The van der Waals surface area contributed by atoms with Crippen LogP contribution in [0.3, 0.4) is 0 Å². The van der Waals surface area contributed by atoms with E-state index in [1.165, 1.54) is 10.8 Å². The van der Waals surface area contributed by atoms with E-state index in [0.29, 0.717) is 29.4 Å². The van der Waals surface area contributed by atoms with Gasteiger partial charge in [-0.1, -0.05) is 23.7 Å². The van der Waals surface area contributed by atoms with Crippen LogP contribution in [0.4, 0.5) is 5.69 Å². The van der Waals surface area contributed by atoms with Gasteiger partial charge in [0.1, 0.15) is 11.9 Å². The number of imidazole rings is 1. The molecule has 1 aliphatic heterocycles. The molecule has 0 aliphatic carbocycles. The van der Waals surface area contributed by atoms with Gasteiger partial charge in [0.15, 0.2) is 0 Å². The van der Waals surface area contributed by atoms with Crippen molar-refractivity contribution >= 4 is 33.3 Å². The molecule has 156 valence electrons. The first-order valence-corrected chi connectivity index (χ1v) is 11.0. The van der Waals surface area contributed by atoms with Crippen molar-refractivity contribution in [2.75, 3.05) is 5.32 Å². The molecule has 0 radical (unpaired) electrons. The average molecular weight is 447 g/mol. The summed E-state index contributed by atoms with van der Waals surface area (Å²) in [5.74, 6) is 0.286. The van der Waals surface area contributed by atoms with Crippen molar-refractivity contribution in [3.8, 4) is 11.4 Å². The molecule has 30 heavy (non-hydrogen) atoms. The van der Waals surface area contributed by atoms with Crippen LogP contribution >= 0.6 is 11.6 Å². The Kier molecular flexibility index (Phi) is 5.27. The molecule has 1 aromatic heterocycles. The topological polar surface area (TPSA) is 113 Å². The number of hydrogen-bond acceptors (Lipinski definition) is 5. The minimum Gasteiger partial charge on any atom is -0.373 e. The van der Waals surface area contributed by atoms with Crippen LogP contribution < -0.4 is 10.6 Å². The highest BCUT2D eigenvalue weighted by molar-refractivity contribution is 7.85. The minimum atomic E-state index is -4.38. The third-order valence-corrected chi connectivity index (χ3v) is 5.91. The van der Waals surface area contributed by atoms with E-state index in [-0.39, 0.29) is 5.91 Å². The lowest BCUT2D eigenvalue weighted by Gasteiger charge is -2.12. The van der Waals surface area contributed by atoms with Crippen LogP contribution in [0.5, 0.6) is 0 Å². The van der Waals surface area contributed by atoms with Gasteiger partial charge in [0.05, 0.1) is 0 Å². The number of carbonyl (C=O) groups excluding carboxylic acids is 1. The summed E-state index contributed by atoms with van der Waals surface area (Å²) in [6, 6.07) is 12.4. The van der Waals surface area contributed by atoms with Crippen molar-refractivity contribution in [2.45, 2.75) is 24.0 Å². The van der Waals surface area contributed by atoms with E-state index < -0.39 is 21.2 Å². The van der Waals surface area contributed by atoms with Gasteiger partial charge in [-0.15, -0.1) is 0 Å². The highest BCUT2D eigenvalue weighted by Crippen LogP contribution is 2.31. The van der Waals surface area contributed by atoms with Crippen molar-refractivity contribution in [1.29, 1.82) is 0 Å². The highest BCUT2D eigenvalue weighted by atomic mass is 35.5. The summed E-state index contributed by atoms with van der Waals surface area (Å²) in [6.45, 7) is 0.404. The van der Waals surface area contributed by atoms with Crippen LogP contribution in [0.2, 0.25) is 5.02 Å². The number of aryl methyl sites for hydroxylation is 1. The van der Waals surface area contributed by atoms with E-state index in [2.05, 4.69) is 15.6 Å². The standard InChI is InChI=1S/C20H19ClN4O4S/c1-25-11-18(30(27,28)29)24-19(25)13-4-7-16-14(8-13)9-17(23-16)20(26)22-10-12-2-5-15(21)6-3-12/h2-8,11,17,23H,9-10H2,1H3,(H,22,26)(H,27,28,29). The Morgan fingerprint density at radius 3 is 2.70 bits per heavy atom. The fourth-order valence-corrected chi connectivity index (χ4v) is 4.02.